The van der Waals surface area contributed by atoms with Crippen LogP contribution in [0.1, 0.15) is 36.0 Å². The smallest absolute Gasteiger partial charge is 0.254 e. The molecule has 1 aliphatic carbocycles. The van der Waals surface area contributed by atoms with Crippen LogP contribution in [0, 0.1) is 0 Å². The number of aromatic nitrogens is 2. The summed E-state index contributed by atoms with van der Waals surface area (Å²) in [6, 6.07) is 0.117. The highest BCUT2D eigenvalue weighted by Crippen LogP contribution is 2.24. The summed E-state index contributed by atoms with van der Waals surface area (Å²) in [6.45, 7) is 0. The monoisotopic (exact) mass is 282 g/mol. The van der Waals surface area contributed by atoms with Crippen LogP contribution in [0.3, 0.4) is 0 Å². The molecular weight excluding hydrogens is 264 g/mol. The number of rotatable bonds is 4. The van der Waals surface area contributed by atoms with Gasteiger partial charge in [0.2, 0.25) is 0 Å². The second-order valence-electron chi connectivity index (χ2n) is 4.64. The van der Waals surface area contributed by atoms with Gasteiger partial charge in [-0.3, -0.25) is 4.79 Å². The van der Waals surface area contributed by atoms with Gasteiger partial charge in [0.25, 0.3) is 5.91 Å². The van der Waals surface area contributed by atoms with E-state index in [1.807, 2.05) is 6.26 Å². The maximum atomic E-state index is 11.4. The van der Waals surface area contributed by atoms with Crippen LogP contribution in [0.15, 0.2) is 11.4 Å². The van der Waals surface area contributed by atoms with Crippen molar-refractivity contribution >= 4 is 23.5 Å². The fraction of sp³-hybridized carbons (Fsp3) is 0.583. The van der Waals surface area contributed by atoms with E-state index in [4.69, 9.17) is 5.73 Å². The van der Waals surface area contributed by atoms with Crippen LogP contribution < -0.4 is 11.1 Å². The quantitative estimate of drug-likeness (QED) is 0.563. The Morgan fingerprint density at radius 2 is 2.37 bits per heavy atom. The minimum absolute atomic E-state index is 0.117. The van der Waals surface area contributed by atoms with Crippen molar-refractivity contribution in [2.24, 2.45) is 5.73 Å². The minimum Gasteiger partial charge on any atom is -0.393 e. The molecule has 1 aromatic heterocycles. The van der Waals surface area contributed by atoms with Gasteiger partial charge in [-0.25, -0.2) is 9.97 Å². The number of nitrogens with one attached hydrogen (secondary N) is 1. The lowest BCUT2D eigenvalue weighted by Crippen LogP contribution is -2.31. The molecule has 0 unspecified atom stereocenters. The molecule has 1 aliphatic rings. The highest BCUT2D eigenvalue weighted by molar-refractivity contribution is 7.98. The summed E-state index contributed by atoms with van der Waals surface area (Å²) >= 11 is 1.40. The number of carbonyl (C=O) groups excluding carboxylic acids is 1. The van der Waals surface area contributed by atoms with Crippen LogP contribution in [-0.2, 0) is 0 Å². The van der Waals surface area contributed by atoms with E-state index in [1.54, 1.807) is 0 Å². The number of carbonyl (C=O) groups is 1. The normalized spacial score (nSPS) is 23.1. The van der Waals surface area contributed by atoms with Gasteiger partial charge in [0.05, 0.1) is 11.7 Å². The van der Waals surface area contributed by atoms with E-state index < -0.39 is 5.91 Å². The Balaban J connectivity index is 2.19. The summed E-state index contributed by atoms with van der Waals surface area (Å²) in [6.07, 6.45) is 6.44. The molecule has 0 bridgehead atoms. The van der Waals surface area contributed by atoms with Crippen LogP contribution in [0.4, 0.5) is 5.82 Å². The van der Waals surface area contributed by atoms with Crippen LogP contribution in [0.5, 0.6) is 0 Å². The van der Waals surface area contributed by atoms with Gasteiger partial charge in [0, 0.05) is 12.2 Å². The van der Waals surface area contributed by atoms with Crippen molar-refractivity contribution in [2.75, 3.05) is 11.6 Å². The van der Waals surface area contributed by atoms with E-state index in [9.17, 15) is 9.90 Å². The average Bonchev–Trinajstić information content (AvgIpc) is 2.38. The van der Waals surface area contributed by atoms with Gasteiger partial charge in [-0.1, -0.05) is 11.8 Å². The molecule has 1 amide bonds. The van der Waals surface area contributed by atoms with E-state index in [0.29, 0.717) is 17.4 Å². The summed E-state index contributed by atoms with van der Waals surface area (Å²) in [5.74, 6) is -0.0857. The van der Waals surface area contributed by atoms with Gasteiger partial charge in [0.15, 0.2) is 5.16 Å². The lowest BCUT2D eigenvalue weighted by molar-refractivity contribution is 0.1000. The molecule has 0 spiro atoms. The molecule has 1 saturated carbocycles. The van der Waals surface area contributed by atoms with Crippen LogP contribution in [-0.4, -0.2) is 39.4 Å². The summed E-state index contributed by atoms with van der Waals surface area (Å²) in [5, 5.41) is 13.5. The summed E-state index contributed by atoms with van der Waals surface area (Å²) in [4.78, 5) is 19.7. The Kier molecular flexibility index (Phi) is 4.60. The zero-order valence-corrected chi connectivity index (χ0v) is 11.6. The molecular formula is C12H18N4O2S. The minimum atomic E-state index is -0.550. The summed E-state index contributed by atoms with van der Waals surface area (Å²) in [5.41, 5.74) is 5.61. The molecule has 0 aliphatic heterocycles. The van der Waals surface area contributed by atoms with Crippen molar-refractivity contribution in [3.05, 3.63) is 11.8 Å². The third-order valence-electron chi connectivity index (χ3n) is 3.20. The first kappa shape index (κ1) is 14.1. The number of amides is 1. The molecule has 7 heteroatoms. The van der Waals surface area contributed by atoms with Crippen molar-refractivity contribution in [2.45, 2.75) is 43.0 Å². The number of hydrogen-bond donors (Lipinski definition) is 3. The SMILES string of the molecule is CSc1ncc(C(N)=O)c(N[C@@H]2CCC[C@@H](O)C2)n1. The number of aliphatic hydroxyl groups excluding tert-OH is 1. The van der Waals surface area contributed by atoms with Gasteiger partial charge in [-0.2, -0.15) is 0 Å². The largest absolute Gasteiger partial charge is 0.393 e. The Morgan fingerprint density at radius 1 is 1.58 bits per heavy atom. The van der Waals surface area contributed by atoms with Crippen LogP contribution in [0.2, 0.25) is 0 Å². The summed E-state index contributed by atoms with van der Waals surface area (Å²) < 4.78 is 0. The number of aliphatic hydroxyl groups is 1. The molecule has 1 aromatic rings. The lowest BCUT2D eigenvalue weighted by Gasteiger charge is -2.27. The van der Waals surface area contributed by atoms with Crippen LogP contribution in [0.25, 0.3) is 0 Å². The van der Waals surface area contributed by atoms with E-state index in [0.717, 1.165) is 19.3 Å². The Labute approximate surface area is 116 Å². The third-order valence-corrected chi connectivity index (χ3v) is 3.76. The number of nitrogens with zero attached hydrogens (tertiary/aromatic N) is 2. The second kappa shape index (κ2) is 6.21. The van der Waals surface area contributed by atoms with Gasteiger partial charge < -0.3 is 16.2 Å². The molecule has 4 N–H and O–H groups in total. The zero-order chi connectivity index (χ0) is 13.8. The lowest BCUT2D eigenvalue weighted by atomic mass is 9.93. The Hall–Kier alpha value is -1.34. The average molecular weight is 282 g/mol. The first-order valence-corrected chi connectivity index (χ1v) is 7.48. The fourth-order valence-electron chi connectivity index (χ4n) is 2.24. The van der Waals surface area contributed by atoms with Crippen LogP contribution >= 0.6 is 11.8 Å². The first-order valence-electron chi connectivity index (χ1n) is 6.25. The van der Waals surface area contributed by atoms with Crippen molar-refractivity contribution in [3.8, 4) is 0 Å². The van der Waals surface area contributed by atoms with E-state index in [1.165, 1.54) is 18.0 Å². The van der Waals surface area contributed by atoms with E-state index in [-0.39, 0.29) is 17.7 Å². The van der Waals surface area contributed by atoms with Crippen molar-refractivity contribution < 1.29 is 9.90 Å². The summed E-state index contributed by atoms with van der Waals surface area (Å²) in [7, 11) is 0. The topological polar surface area (TPSA) is 101 Å². The molecule has 0 radical (unpaired) electrons. The predicted molar refractivity (Wildman–Crippen MR) is 74.2 cm³/mol. The van der Waals surface area contributed by atoms with Gasteiger partial charge in [-0.15, -0.1) is 0 Å². The zero-order valence-electron chi connectivity index (χ0n) is 10.8. The Bertz CT molecular complexity index is 469. The molecule has 2 atom stereocenters. The molecule has 2 rings (SSSR count). The number of thioether (sulfide) groups is 1. The number of anilines is 1. The number of hydrogen-bond acceptors (Lipinski definition) is 6. The molecule has 0 saturated heterocycles. The second-order valence-corrected chi connectivity index (χ2v) is 5.42. The van der Waals surface area contributed by atoms with E-state index >= 15 is 0 Å². The maximum absolute atomic E-state index is 11.4. The van der Waals surface area contributed by atoms with Crippen molar-refractivity contribution in [1.29, 1.82) is 0 Å². The maximum Gasteiger partial charge on any atom is 0.254 e. The van der Waals surface area contributed by atoms with Gasteiger partial charge in [-0.05, 0) is 31.9 Å². The predicted octanol–water partition coefficient (Wildman–Crippen LogP) is 1.01. The van der Waals surface area contributed by atoms with Crippen molar-refractivity contribution in [1.82, 2.24) is 9.97 Å². The van der Waals surface area contributed by atoms with Gasteiger partial charge >= 0.3 is 0 Å². The fourth-order valence-corrected chi connectivity index (χ4v) is 2.58. The number of nitrogens with two attached hydrogens (primary N) is 1. The highest BCUT2D eigenvalue weighted by atomic mass is 32.2. The molecule has 1 heterocycles. The first-order chi connectivity index (χ1) is 9.10. The van der Waals surface area contributed by atoms with E-state index in [2.05, 4.69) is 15.3 Å². The molecule has 0 aromatic carbocycles. The molecule has 104 valence electrons. The van der Waals surface area contributed by atoms with Gasteiger partial charge in [0.1, 0.15) is 5.82 Å². The molecule has 6 nitrogen and oxygen atoms in total. The molecule has 19 heavy (non-hydrogen) atoms. The third kappa shape index (κ3) is 3.57. The highest BCUT2D eigenvalue weighted by Gasteiger charge is 2.22. The standard InChI is InChI=1S/C12H18N4O2S/c1-19-12-14-6-9(10(13)18)11(16-12)15-7-3-2-4-8(17)5-7/h6-8,17H,2-5H2,1H3,(H2,13,18)(H,14,15,16)/t7-,8-/m1/s1. The number of primary amides is 1. The Morgan fingerprint density at radius 3 is 3.00 bits per heavy atom. The molecule has 1 fully saturated rings. The van der Waals surface area contributed by atoms with Crippen molar-refractivity contribution in [3.63, 3.8) is 0 Å².